The first-order valence-corrected chi connectivity index (χ1v) is 4.98. The van der Waals surface area contributed by atoms with Gasteiger partial charge in [-0.2, -0.15) is 0 Å². The van der Waals surface area contributed by atoms with Crippen molar-refractivity contribution < 1.29 is 14.2 Å². The van der Waals surface area contributed by atoms with Crippen LogP contribution in [0, 0.1) is 5.82 Å². The van der Waals surface area contributed by atoms with Gasteiger partial charge in [0, 0.05) is 6.07 Å². The average molecular weight is 263 g/mol. The molecule has 0 aliphatic carbocycles. The minimum atomic E-state index is -0.913. The van der Waals surface area contributed by atoms with Crippen molar-refractivity contribution in [2.75, 3.05) is 6.61 Å². The normalized spacial score (nSPS) is 11.5. The first-order valence-electron chi connectivity index (χ1n) is 4.19. The molecule has 0 aliphatic heterocycles. The third kappa shape index (κ3) is 3.64. The van der Waals surface area contributed by atoms with Crippen LogP contribution in [0.3, 0.4) is 0 Å². The molecule has 0 spiro atoms. The van der Waals surface area contributed by atoms with Gasteiger partial charge in [0.25, 0.3) is 0 Å². The van der Waals surface area contributed by atoms with E-state index in [9.17, 15) is 9.50 Å². The van der Waals surface area contributed by atoms with Crippen LogP contribution < -0.4 is 4.74 Å². The maximum absolute atomic E-state index is 13.0. The van der Waals surface area contributed by atoms with Gasteiger partial charge < -0.3 is 9.84 Å². The molecule has 1 aromatic rings. The fourth-order valence-electron chi connectivity index (χ4n) is 0.827. The smallest absolute Gasteiger partial charge is 0.141 e. The van der Waals surface area contributed by atoms with Gasteiger partial charge in [0.15, 0.2) is 0 Å². The molecule has 0 saturated carbocycles. The van der Waals surface area contributed by atoms with E-state index in [0.717, 1.165) is 0 Å². The largest absolute Gasteiger partial charge is 0.491 e. The minimum absolute atomic E-state index is 0.133. The van der Waals surface area contributed by atoms with Crippen molar-refractivity contribution >= 4 is 15.9 Å². The fourth-order valence-corrected chi connectivity index (χ4v) is 1.07. The van der Waals surface area contributed by atoms with Crippen LogP contribution in [0.25, 0.3) is 0 Å². The summed E-state index contributed by atoms with van der Waals surface area (Å²) >= 11 is 3.04. The lowest BCUT2D eigenvalue weighted by molar-refractivity contribution is 0.0283. The van der Waals surface area contributed by atoms with Gasteiger partial charge in [0.05, 0.1) is 10.1 Å². The lowest BCUT2D eigenvalue weighted by atomic mass is 10.2. The molecule has 0 saturated heterocycles. The third-order valence-electron chi connectivity index (χ3n) is 1.48. The van der Waals surface area contributed by atoms with E-state index in [4.69, 9.17) is 4.74 Å². The van der Waals surface area contributed by atoms with Crippen molar-refractivity contribution in [1.82, 2.24) is 0 Å². The molecule has 0 aromatic heterocycles. The summed E-state index contributed by atoms with van der Waals surface area (Å²) < 4.78 is 18.6. The zero-order chi connectivity index (χ0) is 10.8. The Morgan fingerprint density at radius 3 is 2.64 bits per heavy atom. The number of rotatable bonds is 3. The van der Waals surface area contributed by atoms with E-state index in [0.29, 0.717) is 10.2 Å². The van der Waals surface area contributed by atoms with E-state index in [1.807, 2.05) is 0 Å². The molecule has 0 bridgehead atoms. The zero-order valence-corrected chi connectivity index (χ0v) is 9.64. The topological polar surface area (TPSA) is 29.5 Å². The molecule has 0 fully saturated rings. The standard InChI is InChI=1S/C10H12BrFO2/c1-10(2,13)6-14-7-3-4-8(11)9(12)5-7/h3-5,13H,6H2,1-2H3. The second-order valence-electron chi connectivity index (χ2n) is 3.68. The van der Waals surface area contributed by atoms with Crippen LogP contribution in [-0.2, 0) is 0 Å². The van der Waals surface area contributed by atoms with Crippen molar-refractivity contribution in [1.29, 1.82) is 0 Å². The Labute approximate surface area is 90.8 Å². The summed E-state index contributed by atoms with van der Waals surface area (Å²) in [7, 11) is 0. The highest BCUT2D eigenvalue weighted by Gasteiger charge is 2.13. The van der Waals surface area contributed by atoms with Crippen LogP contribution >= 0.6 is 15.9 Å². The Balaban J connectivity index is 2.65. The predicted octanol–water partition coefficient (Wildman–Crippen LogP) is 2.74. The van der Waals surface area contributed by atoms with Gasteiger partial charge >= 0.3 is 0 Å². The van der Waals surface area contributed by atoms with Crippen molar-refractivity contribution in [2.45, 2.75) is 19.4 Å². The van der Waals surface area contributed by atoms with Crippen LogP contribution in [0.5, 0.6) is 5.75 Å². The molecule has 0 radical (unpaired) electrons. The Kier molecular flexibility index (Phi) is 3.50. The maximum atomic E-state index is 13.0. The lowest BCUT2D eigenvalue weighted by Gasteiger charge is -2.17. The van der Waals surface area contributed by atoms with Crippen LogP contribution in [0.4, 0.5) is 4.39 Å². The molecule has 0 heterocycles. The van der Waals surface area contributed by atoms with Crippen molar-refractivity contribution in [3.8, 4) is 5.75 Å². The van der Waals surface area contributed by atoms with Gasteiger partial charge in [-0.1, -0.05) is 0 Å². The number of halogens is 2. The number of benzene rings is 1. The summed E-state index contributed by atoms with van der Waals surface area (Å²) in [6, 6.07) is 4.48. The molecule has 78 valence electrons. The number of ether oxygens (including phenoxy) is 1. The van der Waals surface area contributed by atoms with E-state index in [1.54, 1.807) is 26.0 Å². The van der Waals surface area contributed by atoms with Gasteiger partial charge in [-0.15, -0.1) is 0 Å². The molecule has 4 heteroatoms. The summed E-state index contributed by atoms with van der Waals surface area (Å²) in [4.78, 5) is 0. The molecule has 0 amide bonds. The molecular formula is C10H12BrFO2. The van der Waals surface area contributed by atoms with Gasteiger partial charge in [0.1, 0.15) is 18.2 Å². The molecular weight excluding hydrogens is 251 g/mol. The second-order valence-corrected chi connectivity index (χ2v) is 4.53. The zero-order valence-electron chi connectivity index (χ0n) is 8.05. The van der Waals surface area contributed by atoms with Gasteiger partial charge in [-0.3, -0.25) is 0 Å². The monoisotopic (exact) mass is 262 g/mol. The van der Waals surface area contributed by atoms with Crippen LogP contribution in [0.1, 0.15) is 13.8 Å². The van der Waals surface area contributed by atoms with Crippen LogP contribution in [0.2, 0.25) is 0 Å². The maximum Gasteiger partial charge on any atom is 0.141 e. The molecule has 2 nitrogen and oxygen atoms in total. The van der Waals surface area contributed by atoms with E-state index in [2.05, 4.69) is 15.9 Å². The number of hydrogen-bond donors (Lipinski definition) is 1. The molecule has 14 heavy (non-hydrogen) atoms. The highest BCUT2D eigenvalue weighted by Crippen LogP contribution is 2.21. The highest BCUT2D eigenvalue weighted by atomic mass is 79.9. The summed E-state index contributed by atoms with van der Waals surface area (Å²) in [5.74, 6) is 0.0334. The van der Waals surface area contributed by atoms with Crippen molar-refractivity contribution in [2.24, 2.45) is 0 Å². The Morgan fingerprint density at radius 2 is 2.14 bits per heavy atom. The van der Waals surface area contributed by atoms with Crippen LogP contribution in [0.15, 0.2) is 22.7 Å². The third-order valence-corrected chi connectivity index (χ3v) is 2.13. The molecule has 1 aromatic carbocycles. The summed E-state index contributed by atoms with van der Waals surface area (Å²) in [5.41, 5.74) is -0.913. The van der Waals surface area contributed by atoms with Crippen molar-refractivity contribution in [3.05, 3.63) is 28.5 Å². The fraction of sp³-hybridized carbons (Fsp3) is 0.400. The first-order chi connectivity index (χ1) is 6.38. The van der Waals surface area contributed by atoms with Crippen molar-refractivity contribution in [3.63, 3.8) is 0 Å². The van der Waals surface area contributed by atoms with Gasteiger partial charge in [-0.25, -0.2) is 4.39 Å². The van der Waals surface area contributed by atoms with Gasteiger partial charge in [-0.05, 0) is 41.9 Å². The number of hydrogen-bond acceptors (Lipinski definition) is 2. The molecule has 0 unspecified atom stereocenters. The predicted molar refractivity (Wildman–Crippen MR) is 55.9 cm³/mol. The van der Waals surface area contributed by atoms with E-state index < -0.39 is 5.60 Å². The van der Waals surface area contributed by atoms with E-state index in [1.165, 1.54) is 6.07 Å². The Bertz CT molecular complexity index is 320. The lowest BCUT2D eigenvalue weighted by Crippen LogP contribution is -2.27. The van der Waals surface area contributed by atoms with Crippen LogP contribution in [-0.4, -0.2) is 17.3 Å². The minimum Gasteiger partial charge on any atom is -0.491 e. The SMILES string of the molecule is CC(C)(O)COc1ccc(Br)c(F)c1. The summed E-state index contributed by atoms with van der Waals surface area (Å²) in [5, 5.41) is 9.37. The average Bonchev–Trinajstić information content (AvgIpc) is 2.06. The quantitative estimate of drug-likeness (QED) is 0.908. The van der Waals surface area contributed by atoms with Gasteiger partial charge in [0.2, 0.25) is 0 Å². The second kappa shape index (κ2) is 4.28. The molecule has 1 rings (SSSR count). The summed E-state index contributed by atoms with van der Waals surface area (Å²) in [6.07, 6.45) is 0. The first kappa shape index (κ1) is 11.5. The molecule has 0 aliphatic rings. The Morgan fingerprint density at radius 1 is 1.50 bits per heavy atom. The number of aliphatic hydroxyl groups is 1. The van der Waals surface area contributed by atoms with E-state index >= 15 is 0 Å². The highest BCUT2D eigenvalue weighted by molar-refractivity contribution is 9.10. The van der Waals surface area contributed by atoms with E-state index in [-0.39, 0.29) is 12.4 Å². The molecule has 0 atom stereocenters. The summed E-state index contributed by atoms with van der Waals surface area (Å²) in [6.45, 7) is 3.39. The Hall–Kier alpha value is -0.610. The molecule has 1 N–H and O–H groups in total.